The molecule has 1 amide bonds. The van der Waals surface area contributed by atoms with Crippen LogP contribution in [0.4, 0.5) is 24.5 Å². The first-order valence-electron chi connectivity index (χ1n) is 9.88. The van der Waals surface area contributed by atoms with E-state index in [4.69, 9.17) is 6.57 Å². The summed E-state index contributed by atoms with van der Waals surface area (Å²) in [6, 6.07) is 10.2. The number of rotatable bonds is 4. The predicted molar refractivity (Wildman–Crippen MR) is 119 cm³/mol. The second kappa shape index (κ2) is 8.14. The second-order valence-electron chi connectivity index (χ2n) is 7.68. The zero-order valence-corrected chi connectivity index (χ0v) is 18.8. The first-order valence-corrected chi connectivity index (χ1v) is 11.8. The second-order valence-corrected chi connectivity index (χ2v) is 9.67. The fourth-order valence-corrected chi connectivity index (χ4v) is 4.75. The highest BCUT2D eigenvalue weighted by atomic mass is 32.2. The fraction of sp³-hybridized carbons (Fsp3) is 0.174. The number of allylic oxidation sites excluding steroid dienone is 1. The van der Waals surface area contributed by atoms with Crippen molar-refractivity contribution in [2.45, 2.75) is 24.4 Å². The molecule has 0 saturated heterocycles. The van der Waals surface area contributed by atoms with E-state index in [2.05, 4.69) is 9.94 Å². The maximum absolute atomic E-state index is 13.2. The van der Waals surface area contributed by atoms with E-state index >= 15 is 0 Å². The number of hydrogen-bond donors (Lipinski definition) is 0. The lowest BCUT2D eigenvalue weighted by molar-refractivity contribution is -0.137. The van der Waals surface area contributed by atoms with Gasteiger partial charge in [-0.05, 0) is 43.3 Å². The first-order chi connectivity index (χ1) is 15.9. The van der Waals surface area contributed by atoms with E-state index in [1.807, 2.05) is 0 Å². The number of amides is 1. The van der Waals surface area contributed by atoms with Crippen LogP contribution >= 0.6 is 0 Å². The van der Waals surface area contributed by atoms with Crippen LogP contribution in [0.3, 0.4) is 0 Å². The quantitative estimate of drug-likeness (QED) is 0.486. The highest BCUT2D eigenvalue weighted by Gasteiger charge is 2.35. The average Bonchev–Trinajstić information content (AvgIpc) is 3.36. The molecule has 3 aromatic rings. The van der Waals surface area contributed by atoms with E-state index in [1.165, 1.54) is 46.1 Å². The van der Waals surface area contributed by atoms with Crippen LogP contribution in [0.15, 0.2) is 65.3 Å². The third kappa shape index (κ3) is 4.08. The average molecular weight is 486 g/mol. The van der Waals surface area contributed by atoms with Gasteiger partial charge in [-0.2, -0.15) is 18.3 Å². The van der Waals surface area contributed by atoms with E-state index < -0.39 is 27.5 Å². The van der Waals surface area contributed by atoms with Crippen LogP contribution in [-0.4, -0.2) is 30.4 Å². The molecular formula is C23H17F3N4O3S. The van der Waals surface area contributed by atoms with Crippen molar-refractivity contribution in [1.29, 1.82) is 0 Å². The van der Waals surface area contributed by atoms with Crippen LogP contribution in [0.1, 0.15) is 24.6 Å². The van der Waals surface area contributed by atoms with Gasteiger partial charge in [-0.1, -0.05) is 12.1 Å². The molecule has 1 aromatic heterocycles. The van der Waals surface area contributed by atoms with E-state index in [1.54, 1.807) is 13.0 Å². The Bertz CT molecular complexity index is 1500. The molecule has 4 rings (SSSR count). The maximum Gasteiger partial charge on any atom is 0.416 e. The number of nitrogens with zero attached hydrogens (tertiary/aromatic N) is 4. The highest BCUT2D eigenvalue weighted by molar-refractivity contribution is 7.90. The molecule has 0 unspecified atom stereocenters. The summed E-state index contributed by atoms with van der Waals surface area (Å²) in [6.07, 6.45) is -2.22. The van der Waals surface area contributed by atoms with Crippen molar-refractivity contribution in [3.63, 3.8) is 0 Å². The van der Waals surface area contributed by atoms with Crippen LogP contribution in [0, 0.1) is 6.57 Å². The van der Waals surface area contributed by atoms with Gasteiger partial charge >= 0.3 is 6.18 Å². The normalized spacial score (nSPS) is 14.6. The zero-order valence-electron chi connectivity index (χ0n) is 18.0. The minimum atomic E-state index is -4.56. The van der Waals surface area contributed by atoms with E-state index in [-0.39, 0.29) is 28.4 Å². The summed E-state index contributed by atoms with van der Waals surface area (Å²) >= 11 is 0. The van der Waals surface area contributed by atoms with Crippen molar-refractivity contribution in [3.8, 4) is 5.69 Å². The van der Waals surface area contributed by atoms with Gasteiger partial charge in [-0.25, -0.2) is 17.9 Å². The number of anilines is 1. The van der Waals surface area contributed by atoms with Crippen LogP contribution < -0.4 is 4.90 Å². The Morgan fingerprint density at radius 3 is 2.50 bits per heavy atom. The third-order valence-electron chi connectivity index (χ3n) is 5.43. The smallest absolute Gasteiger partial charge is 0.284 e. The van der Waals surface area contributed by atoms with Crippen LogP contribution in [0.5, 0.6) is 0 Å². The van der Waals surface area contributed by atoms with Crippen LogP contribution in [-0.2, 0) is 20.8 Å². The lowest BCUT2D eigenvalue weighted by atomic mass is 10.1. The number of sulfone groups is 1. The molecular weight excluding hydrogens is 469 g/mol. The van der Waals surface area contributed by atoms with Crippen molar-refractivity contribution in [3.05, 3.63) is 83.1 Å². The van der Waals surface area contributed by atoms with Crippen LogP contribution in [0.25, 0.3) is 16.1 Å². The Morgan fingerprint density at radius 2 is 1.85 bits per heavy atom. The maximum atomic E-state index is 13.2. The minimum absolute atomic E-state index is 0.0802. The van der Waals surface area contributed by atoms with Gasteiger partial charge in [0.15, 0.2) is 15.5 Å². The summed E-state index contributed by atoms with van der Waals surface area (Å²) in [6.45, 7) is 8.77. The molecule has 0 aliphatic carbocycles. The van der Waals surface area contributed by atoms with Gasteiger partial charge in [-0.15, -0.1) is 0 Å². The lowest BCUT2D eigenvalue weighted by Gasteiger charge is -2.20. The zero-order chi connectivity index (χ0) is 24.8. The van der Waals surface area contributed by atoms with Gasteiger partial charge in [0.2, 0.25) is 5.91 Å². The van der Waals surface area contributed by atoms with Gasteiger partial charge in [-0.3, -0.25) is 9.69 Å². The SMILES string of the molecule is [C-]#[N+]c1ccc(-n2nccc2C2=C(C)N(c3cccc(C(F)(F)F)c3)C(=O)C2)c(S(C)(=O)=O)c1. The molecule has 34 heavy (non-hydrogen) atoms. The van der Waals surface area contributed by atoms with E-state index in [0.717, 1.165) is 18.4 Å². The molecule has 0 bridgehead atoms. The molecule has 0 N–H and O–H groups in total. The van der Waals surface area contributed by atoms with Crippen molar-refractivity contribution >= 4 is 32.7 Å². The number of carbonyl (C=O) groups excluding carboxylic acids is 1. The fourth-order valence-electron chi connectivity index (χ4n) is 3.88. The molecule has 11 heteroatoms. The number of halogens is 3. The van der Waals surface area contributed by atoms with E-state index in [0.29, 0.717) is 17.0 Å². The van der Waals surface area contributed by atoms with Crippen molar-refractivity contribution in [2.24, 2.45) is 0 Å². The van der Waals surface area contributed by atoms with Crippen molar-refractivity contribution in [1.82, 2.24) is 9.78 Å². The summed E-state index contributed by atoms with van der Waals surface area (Å²) in [5.41, 5.74) is 0.859. The molecule has 0 saturated carbocycles. The Hall–Kier alpha value is -3.91. The summed E-state index contributed by atoms with van der Waals surface area (Å²) in [4.78, 5) is 17.2. The van der Waals surface area contributed by atoms with Gasteiger partial charge in [0.25, 0.3) is 0 Å². The Kier molecular flexibility index (Phi) is 5.57. The van der Waals surface area contributed by atoms with Gasteiger partial charge in [0, 0.05) is 23.2 Å². The molecule has 174 valence electrons. The van der Waals surface area contributed by atoms with Gasteiger partial charge in [0.1, 0.15) is 0 Å². The number of aromatic nitrogens is 2. The van der Waals surface area contributed by atoms with Gasteiger partial charge in [0.05, 0.1) is 41.0 Å². The molecule has 2 heterocycles. The van der Waals surface area contributed by atoms with Crippen LogP contribution in [0.2, 0.25) is 0 Å². The topological polar surface area (TPSA) is 76.6 Å². The number of carbonyl (C=O) groups is 1. The number of benzene rings is 2. The number of hydrogen-bond acceptors (Lipinski definition) is 4. The number of alkyl halides is 3. The van der Waals surface area contributed by atoms with Crippen molar-refractivity contribution in [2.75, 3.05) is 11.2 Å². The summed E-state index contributed by atoms with van der Waals surface area (Å²) in [5.74, 6) is -0.425. The molecule has 1 aliphatic rings. The standard InChI is InChI=1S/C23H17F3N4O3S/c1-14-18(13-22(31)29(14)17-6-4-5-15(11-17)23(24,25)26)19-9-10-28-30(19)20-8-7-16(27-2)12-21(20)34(3,32)33/h4-12H,13H2,1,3H3. The largest absolute Gasteiger partial charge is 0.416 e. The molecule has 1 aliphatic heterocycles. The molecule has 0 fully saturated rings. The first kappa shape index (κ1) is 23.3. The van der Waals surface area contributed by atoms with Crippen molar-refractivity contribution < 1.29 is 26.4 Å². The molecule has 2 aromatic carbocycles. The highest BCUT2D eigenvalue weighted by Crippen LogP contribution is 2.39. The minimum Gasteiger partial charge on any atom is -0.284 e. The summed E-state index contributed by atoms with van der Waals surface area (Å²) < 4.78 is 65.7. The third-order valence-corrected chi connectivity index (χ3v) is 6.56. The monoisotopic (exact) mass is 486 g/mol. The lowest BCUT2D eigenvalue weighted by Crippen LogP contribution is -2.23. The Balaban J connectivity index is 1.84. The Labute approximate surface area is 193 Å². The van der Waals surface area contributed by atoms with E-state index in [9.17, 15) is 26.4 Å². The molecule has 0 radical (unpaired) electrons. The predicted octanol–water partition coefficient (Wildman–Crippen LogP) is 5.01. The molecule has 0 atom stereocenters. The molecule has 0 spiro atoms. The molecule has 7 nitrogen and oxygen atoms in total. The van der Waals surface area contributed by atoms with Gasteiger partial charge < -0.3 is 0 Å². The summed E-state index contributed by atoms with van der Waals surface area (Å²) in [7, 11) is -3.73. The summed E-state index contributed by atoms with van der Waals surface area (Å²) in [5, 5.41) is 4.23. The Morgan fingerprint density at radius 1 is 1.12 bits per heavy atom.